The first kappa shape index (κ1) is 20.9. The number of fused-ring (bicyclic) bond motifs is 1. The summed E-state index contributed by atoms with van der Waals surface area (Å²) in [6.45, 7) is 3.25. The van der Waals surface area contributed by atoms with Crippen molar-refractivity contribution < 1.29 is 18.7 Å². The minimum Gasteiger partial charge on any atom is -0.385 e. The van der Waals surface area contributed by atoms with Crippen LogP contribution in [-0.4, -0.2) is 20.6 Å². The number of hydrogen-bond donors (Lipinski definition) is 2. The standard InChI is InChI=1S/C23H22F2N4O2/c1-22(9-4-10-22)29-18-11-14(13-26)7-8-17(18)27-21(29)28-19(30)12-23(2,31)20-15(24)5-3-6-16(20)25/h3,5-8,11,31H,4,9-10,12H2,1-2H3,(H,27,28,30). The van der Waals surface area contributed by atoms with Crippen LogP contribution in [0.25, 0.3) is 11.0 Å². The number of aromatic nitrogens is 2. The number of imidazole rings is 1. The van der Waals surface area contributed by atoms with E-state index in [1.165, 1.54) is 13.0 Å². The van der Waals surface area contributed by atoms with E-state index in [1.807, 2.05) is 4.57 Å². The summed E-state index contributed by atoms with van der Waals surface area (Å²) in [5, 5.41) is 22.6. The molecule has 1 amide bonds. The quantitative estimate of drug-likeness (QED) is 0.638. The van der Waals surface area contributed by atoms with Crippen molar-refractivity contribution in [3.8, 4) is 6.07 Å². The second-order valence-corrected chi connectivity index (χ2v) is 8.53. The molecule has 1 aliphatic carbocycles. The predicted octanol–water partition coefficient (Wildman–Crippen LogP) is 4.32. The van der Waals surface area contributed by atoms with Crippen molar-refractivity contribution in [1.29, 1.82) is 5.26 Å². The SMILES string of the molecule is CC(O)(CC(=O)Nc1nc2ccc(C#N)cc2n1C1(C)CCC1)c1c(F)cccc1F. The molecule has 3 aromatic rings. The molecule has 0 aliphatic heterocycles. The van der Waals surface area contributed by atoms with Crippen LogP contribution in [0.2, 0.25) is 0 Å². The lowest BCUT2D eigenvalue weighted by Gasteiger charge is -2.41. The Hall–Kier alpha value is -3.31. The molecule has 1 heterocycles. The Balaban J connectivity index is 1.68. The van der Waals surface area contributed by atoms with Crippen LogP contribution in [0.1, 0.15) is 50.7 Å². The summed E-state index contributed by atoms with van der Waals surface area (Å²) in [7, 11) is 0. The van der Waals surface area contributed by atoms with Crippen LogP contribution >= 0.6 is 0 Å². The third-order valence-electron chi connectivity index (χ3n) is 6.01. The number of nitrogens with zero attached hydrogens (tertiary/aromatic N) is 3. The molecule has 1 aliphatic rings. The lowest BCUT2D eigenvalue weighted by molar-refractivity contribution is -0.121. The van der Waals surface area contributed by atoms with E-state index in [2.05, 4.69) is 23.3 Å². The van der Waals surface area contributed by atoms with E-state index in [9.17, 15) is 23.9 Å². The molecule has 1 saturated carbocycles. The summed E-state index contributed by atoms with van der Waals surface area (Å²) in [5.41, 5.74) is -1.05. The van der Waals surface area contributed by atoms with Crippen LogP contribution in [0, 0.1) is 23.0 Å². The Labute approximate surface area is 178 Å². The Kier molecular flexibility index (Phi) is 5.02. The van der Waals surface area contributed by atoms with Crippen LogP contribution in [0.15, 0.2) is 36.4 Å². The van der Waals surface area contributed by atoms with E-state index >= 15 is 0 Å². The van der Waals surface area contributed by atoms with Gasteiger partial charge >= 0.3 is 0 Å². The fraction of sp³-hybridized carbons (Fsp3) is 0.348. The van der Waals surface area contributed by atoms with Gasteiger partial charge in [0.25, 0.3) is 0 Å². The molecule has 2 N–H and O–H groups in total. The van der Waals surface area contributed by atoms with Gasteiger partial charge in [0.15, 0.2) is 0 Å². The number of benzene rings is 2. The molecule has 8 heteroatoms. The van der Waals surface area contributed by atoms with Gasteiger partial charge in [0, 0.05) is 5.54 Å². The molecule has 160 valence electrons. The number of nitriles is 1. The molecule has 31 heavy (non-hydrogen) atoms. The van der Waals surface area contributed by atoms with E-state index in [-0.39, 0.29) is 11.5 Å². The first-order chi connectivity index (χ1) is 14.6. The van der Waals surface area contributed by atoms with Gasteiger partial charge in [-0.3, -0.25) is 10.1 Å². The number of carbonyl (C=O) groups is 1. The molecule has 0 radical (unpaired) electrons. The maximum absolute atomic E-state index is 14.1. The molecule has 6 nitrogen and oxygen atoms in total. The van der Waals surface area contributed by atoms with Gasteiger partial charge in [0.2, 0.25) is 11.9 Å². The highest BCUT2D eigenvalue weighted by Gasteiger charge is 2.38. The van der Waals surface area contributed by atoms with E-state index in [0.29, 0.717) is 11.1 Å². The van der Waals surface area contributed by atoms with Crippen LogP contribution in [0.5, 0.6) is 0 Å². The fourth-order valence-electron chi connectivity index (χ4n) is 4.27. The zero-order valence-electron chi connectivity index (χ0n) is 17.2. The van der Waals surface area contributed by atoms with E-state index in [0.717, 1.165) is 36.9 Å². The number of halogens is 2. The molecule has 0 saturated heterocycles. The largest absolute Gasteiger partial charge is 0.385 e. The number of hydrogen-bond acceptors (Lipinski definition) is 4. The van der Waals surface area contributed by atoms with Gasteiger partial charge in [0.1, 0.15) is 17.2 Å². The van der Waals surface area contributed by atoms with Crippen molar-refractivity contribution in [2.75, 3.05) is 5.32 Å². The first-order valence-corrected chi connectivity index (χ1v) is 10.0. The molecule has 0 bridgehead atoms. The second kappa shape index (κ2) is 7.43. The smallest absolute Gasteiger partial charge is 0.229 e. The second-order valence-electron chi connectivity index (χ2n) is 8.53. The van der Waals surface area contributed by atoms with Crippen molar-refractivity contribution in [3.05, 3.63) is 59.2 Å². The van der Waals surface area contributed by atoms with Gasteiger partial charge in [-0.15, -0.1) is 0 Å². The highest BCUT2D eigenvalue weighted by atomic mass is 19.1. The average Bonchev–Trinajstić information content (AvgIpc) is 3.02. The van der Waals surface area contributed by atoms with E-state index < -0.39 is 35.1 Å². The Morgan fingerprint density at radius 2 is 2.00 bits per heavy atom. The number of rotatable bonds is 5. The Bertz CT molecular complexity index is 1200. The lowest BCUT2D eigenvalue weighted by atomic mass is 9.78. The molecular formula is C23H22F2N4O2. The summed E-state index contributed by atoms with van der Waals surface area (Å²) in [4.78, 5) is 17.3. The minimum absolute atomic E-state index is 0.272. The Morgan fingerprint density at radius 1 is 1.32 bits per heavy atom. The molecule has 1 fully saturated rings. The summed E-state index contributed by atoms with van der Waals surface area (Å²) < 4.78 is 30.2. The third kappa shape index (κ3) is 3.66. The van der Waals surface area contributed by atoms with Crippen LogP contribution in [-0.2, 0) is 15.9 Å². The number of anilines is 1. The molecule has 1 atom stereocenters. The van der Waals surface area contributed by atoms with E-state index in [4.69, 9.17) is 0 Å². The van der Waals surface area contributed by atoms with Gasteiger partial charge in [-0.05, 0) is 63.4 Å². The van der Waals surface area contributed by atoms with Crippen molar-refractivity contribution in [2.45, 2.75) is 50.7 Å². The van der Waals surface area contributed by atoms with Gasteiger partial charge < -0.3 is 9.67 Å². The lowest BCUT2D eigenvalue weighted by Crippen LogP contribution is -2.39. The summed E-state index contributed by atoms with van der Waals surface area (Å²) in [6.07, 6.45) is 2.24. The van der Waals surface area contributed by atoms with Crippen molar-refractivity contribution >= 4 is 22.9 Å². The summed E-state index contributed by atoms with van der Waals surface area (Å²) in [5.74, 6) is -2.19. The fourth-order valence-corrected chi connectivity index (χ4v) is 4.27. The van der Waals surface area contributed by atoms with Crippen LogP contribution in [0.4, 0.5) is 14.7 Å². The number of carbonyl (C=O) groups excluding carboxylic acids is 1. The topological polar surface area (TPSA) is 90.9 Å². The van der Waals surface area contributed by atoms with Crippen LogP contribution in [0.3, 0.4) is 0 Å². The molecule has 2 aromatic carbocycles. The maximum Gasteiger partial charge on any atom is 0.229 e. The van der Waals surface area contributed by atoms with Gasteiger partial charge in [-0.1, -0.05) is 6.07 Å². The summed E-state index contributed by atoms with van der Waals surface area (Å²) in [6, 6.07) is 10.5. The first-order valence-electron chi connectivity index (χ1n) is 10.0. The number of amides is 1. The van der Waals surface area contributed by atoms with Gasteiger partial charge in [-0.2, -0.15) is 5.26 Å². The third-order valence-corrected chi connectivity index (χ3v) is 6.01. The normalized spacial score (nSPS) is 16.9. The van der Waals surface area contributed by atoms with Gasteiger partial charge in [0.05, 0.1) is 34.7 Å². The average molecular weight is 424 g/mol. The van der Waals surface area contributed by atoms with Crippen molar-refractivity contribution in [3.63, 3.8) is 0 Å². The molecule has 0 spiro atoms. The maximum atomic E-state index is 14.1. The Morgan fingerprint density at radius 3 is 2.58 bits per heavy atom. The monoisotopic (exact) mass is 424 g/mol. The number of nitrogens with one attached hydrogen (secondary N) is 1. The highest BCUT2D eigenvalue weighted by Crippen LogP contribution is 2.43. The van der Waals surface area contributed by atoms with Crippen molar-refractivity contribution in [2.24, 2.45) is 0 Å². The van der Waals surface area contributed by atoms with Crippen molar-refractivity contribution in [1.82, 2.24) is 9.55 Å². The molecule has 1 aromatic heterocycles. The van der Waals surface area contributed by atoms with E-state index in [1.54, 1.807) is 18.2 Å². The van der Waals surface area contributed by atoms with Crippen LogP contribution < -0.4 is 5.32 Å². The summed E-state index contributed by atoms with van der Waals surface area (Å²) >= 11 is 0. The van der Waals surface area contributed by atoms with Gasteiger partial charge in [-0.25, -0.2) is 13.8 Å². The minimum atomic E-state index is -2.05. The zero-order valence-corrected chi connectivity index (χ0v) is 17.2. The predicted molar refractivity (Wildman–Crippen MR) is 111 cm³/mol. The molecule has 1 unspecified atom stereocenters. The molecular weight excluding hydrogens is 402 g/mol. The number of aliphatic hydroxyl groups is 1. The zero-order chi connectivity index (χ0) is 22.4. The highest BCUT2D eigenvalue weighted by molar-refractivity contribution is 5.92. The molecule has 4 rings (SSSR count).